The Morgan fingerprint density at radius 3 is 2.71 bits per heavy atom. The van der Waals surface area contributed by atoms with Gasteiger partial charge in [-0.3, -0.25) is 4.79 Å². The summed E-state index contributed by atoms with van der Waals surface area (Å²) in [6, 6.07) is 6.18. The number of phenols is 1. The standard InChI is InChI=1S/C13H17NO3/c15-12-5-3-11(4-6-12)13(16)14-7-8-17-9-10-1-2-10/h3-6,10,15H,1-2,7-9H2,(H,14,16). The first kappa shape index (κ1) is 11.9. The van der Waals surface area contributed by atoms with E-state index in [1.165, 1.54) is 25.0 Å². The maximum absolute atomic E-state index is 11.6. The molecule has 0 bridgehead atoms. The van der Waals surface area contributed by atoms with Gasteiger partial charge in [0.2, 0.25) is 0 Å². The largest absolute Gasteiger partial charge is 0.508 e. The Morgan fingerprint density at radius 1 is 1.35 bits per heavy atom. The lowest BCUT2D eigenvalue weighted by molar-refractivity contribution is 0.0906. The van der Waals surface area contributed by atoms with Crippen molar-refractivity contribution in [1.29, 1.82) is 0 Å². The lowest BCUT2D eigenvalue weighted by atomic mass is 10.2. The predicted molar refractivity (Wildman–Crippen MR) is 64.0 cm³/mol. The molecule has 0 radical (unpaired) electrons. The van der Waals surface area contributed by atoms with Gasteiger partial charge in [-0.15, -0.1) is 0 Å². The molecular weight excluding hydrogens is 218 g/mol. The summed E-state index contributed by atoms with van der Waals surface area (Å²) < 4.78 is 5.41. The number of phenolic OH excluding ortho intramolecular Hbond substituents is 1. The second-order valence-corrected chi connectivity index (χ2v) is 4.32. The Morgan fingerprint density at radius 2 is 2.06 bits per heavy atom. The highest BCUT2D eigenvalue weighted by atomic mass is 16.5. The third-order valence-corrected chi connectivity index (χ3v) is 2.71. The molecule has 1 aromatic rings. The minimum absolute atomic E-state index is 0.139. The van der Waals surface area contributed by atoms with Crippen molar-refractivity contribution in [3.63, 3.8) is 0 Å². The molecule has 1 aromatic carbocycles. The summed E-state index contributed by atoms with van der Waals surface area (Å²) in [5.74, 6) is 0.775. The summed E-state index contributed by atoms with van der Waals surface area (Å²) in [5.41, 5.74) is 0.546. The van der Waals surface area contributed by atoms with E-state index in [0.717, 1.165) is 12.5 Å². The minimum atomic E-state index is -0.139. The van der Waals surface area contributed by atoms with E-state index < -0.39 is 0 Å². The van der Waals surface area contributed by atoms with Gasteiger partial charge in [-0.1, -0.05) is 0 Å². The number of rotatable bonds is 6. The number of ether oxygens (including phenoxy) is 1. The molecule has 1 saturated carbocycles. The van der Waals surface area contributed by atoms with Crippen LogP contribution in [-0.4, -0.2) is 30.8 Å². The van der Waals surface area contributed by atoms with Gasteiger partial charge in [0, 0.05) is 18.7 Å². The first-order valence-corrected chi connectivity index (χ1v) is 5.90. The fourth-order valence-electron chi connectivity index (χ4n) is 1.49. The van der Waals surface area contributed by atoms with Crippen LogP contribution in [0.3, 0.4) is 0 Å². The Labute approximate surface area is 101 Å². The third-order valence-electron chi connectivity index (χ3n) is 2.71. The predicted octanol–water partition coefficient (Wildman–Crippen LogP) is 1.55. The molecule has 1 fully saturated rings. The minimum Gasteiger partial charge on any atom is -0.508 e. The topological polar surface area (TPSA) is 58.6 Å². The normalized spacial score (nSPS) is 14.6. The molecule has 0 aromatic heterocycles. The summed E-state index contributed by atoms with van der Waals surface area (Å²) in [6.45, 7) is 1.89. The van der Waals surface area contributed by atoms with Gasteiger partial charge >= 0.3 is 0 Å². The lowest BCUT2D eigenvalue weighted by Gasteiger charge is -2.06. The van der Waals surface area contributed by atoms with Crippen LogP contribution in [0, 0.1) is 5.92 Å². The van der Waals surface area contributed by atoms with E-state index in [1.807, 2.05) is 0 Å². The van der Waals surface area contributed by atoms with Crippen molar-refractivity contribution in [3.8, 4) is 5.75 Å². The van der Waals surface area contributed by atoms with Crippen molar-refractivity contribution in [3.05, 3.63) is 29.8 Å². The molecule has 4 heteroatoms. The van der Waals surface area contributed by atoms with Crippen molar-refractivity contribution in [2.45, 2.75) is 12.8 Å². The highest BCUT2D eigenvalue weighted by molar-refractivity contribution is 5.94. The van der Waals surface area contributed by atoms with Gasteiger partial charge in [0.05, 0.1) is 6.61 Å². The molecule has 17 heavy (non-hydrogen) atoms. The van der Waals surface area contributed by atoms with E-state index >= 15 is 0 Å². The number of benzene rings is 1. The number of carbonyl (C=O) groups excluding carboxylic acids is 1. The molecule has 0 heterocycles. The van der Waals surface area contributed by atoms with Crippen LogP contribution >= 0.6 is 0 Å². The Kier molecular flexibility index (Phi) is 3.98. The molecule has 0 spiro atoms. The number of hydrogen-bond donors (Lipinski definition) is 2. The number of amides is 1. The number of hydrogen-bond acceptors (Lipinski definition) is 3. The molecule has 2 N–H and O–H groups in total. The van der Waals surface area contributed by atoms with Crippen LogP contribution in [0.4, 0.5) is 0 Å². The summed E-state index contributed by atoms with van der Waals surface area (Å²) in [4.78, 5) is 11.6. The van der Waals surface area contributed by atoms with Crippen LogP contribution in [0.25, 0.3) is 0 Å². The van der Waals surface area contributed by atoms with Crippen molar-refractivity contribution in [2.24, 2.45) is 5.92 Å². The summed E-state index contributed by atoms with van der Waals surface area (Å²) >= 11 is 0. The summed E-state index contributed by atoms with van der Waals surface area (Å²) in [5, 5.41) is 11.9. The molecule has 92 valence electrons. The Balaban J connectivity index is 1.64. The second kappa shape index (κ2) is 5.68. The number of carbonyl (C=O) groups is 1. The van der Waals surface area contributed by atoms with Crippen molar-refractivity contribution in [1.82, 2.24) is 5.32 Å². The monoisotopic (exact) mass is 235 g/mol. The van der Waals surface area contributed by atoms with Crippen LogP contribution in [0.15, 0.2) is 24.3 Å². The van der Waals surface area contributed by atoms with Crippen LogP contribution in [0.1, 0.15) is 23.2 Å². The maximum Gasteiger partial charge on any atom is 0.251 e. The van der Waals surface area contributed by atoms with Gasteiger partial charge in [-0.25, -0.2) is 0 Å². The first-order chi connectivity index (χ1) is 8.25. The SMILES string of the molecule is O=C(NCCOCC1CC1)c1ccc(O)cc1. The van der Waals surface area contributed by atoms with Crippen LogP contribution in [-0.2, 0) is 4.74 Å². The third kappa shape index (κ3) is 4.07. The van der Waals surface area contributed by atoms with Gasteiger partial charge in [-0.05, 0) is 43.0 Å². The van der Waals surface area contributed by atoms with Crippen molar-refractivity contribution >= 4 is 5.91 Å². The van der Waals surface area contributed by atoms with E-state index in [4.69, 9.17) is 9.84 Å². The first-order valence-electron chi connectivity index (χ1n) is 5.90. The van der Waals surface area contributed by atoms with Crippen LogP contribution in [0.5, 0.6) is 5.75 Å². The second-order valence-electron chi connectivity index (χ2n) is 4.32. The Bertz CT molecular complexity index is 371. The van der Waals surface area contributed by atoms with E-state index in [1.54, 1.807) is 12.1 Å². The fraction of sp³-hybridized carbons (Fsp3) is 0.462. The Hall–Kier alpha value is -1.55. The lowest BCUT2D eigenvalue weighted by Crippen LogP contribution is -2.27. The fourth-order valence-corrected chi connectivity index (χ4v) is 1.49. The average molecular weight is 235 g/mol. The highest BCUT2D eigenvalue weighted by Gasteiger charge is 2.20. The van der Waals surface area contributed by atoms with Crippen molar-refractivity contribution in [2.75, 3.05) is 19.8 Å². The molecule has 1 aliphatic rings. The maximum atomic E-state index is 11.6. The molecule has 0 aliphatic heterocycles. The molecule has 1 amide bonds. The highest BCUT2D eigenvalue weighted by Crippen LogP contribution is 2.28. The van der Waals surface area contributed by atoms with Gasteiger partial charge in [0.1, 0.15) is 5.75 Å². The van der Waals surface area contributed by atoms with E-state index in [-0.39, 0.29) is 11.7 Å². The zero-order valence-electron chi connectivity index (χ0n) is 9.69. The van der Waals surface area contributed by atoms with Crippen LogP contribution in [0.2, 0.25) is 0 Å². The van der Waals surface area contributed by atoms with Gasteiger partial charge in [-0.2, -0.15) is 0 Å². The van der Waals surface area contributed by atoms with Gasteiger partial charge < -0.3 is 15.2 Å². The molecule has 1 aliphatic carbocycles. The average Bonchev–Trinajstić information content (AvgIpc) is 3.13. The van der Waals surface area contributed by atoms with Crippen molar-refractivity contribution < 1.29 is 14.6 Å². The van der Waals surface area contributed by atoms with E-state index in [0.29, 0.717) is 18.7 Å². The zero-order chi connectivity index (χ0) is 12.1. The summed E-state index contributed by atoms with van der Waals surface area (Å²) in [7, 11) is 0. The summed E-state index contributed by atoms with van der Waals surface area (Å²) in [6.07, 6.45) is 2.56. The molecule has 0 saturated heterocycles. The van der Waals surface area contributed by atoms with E-state index in [9.17, 15) is 4.79 Å². The van der Waals surface area contributed by atoms with Gasteiger partial charge in [0.25, 0.3) is 5.91 Å². The molecule has 2 rings (SSSR count). The zero-order valence-corrected chi connectivity index (χ0v) is 9.69. The molecule has 4 nitrogen and oxygen atoms in total. The van der Waals surface area contributed by atoms with E-state index in [2.05, 4.69) is 5.32 Å². The number of aromatic hydroxyl groups is 1. The molecule has 0 unspecified atom stereocenters. The van der Waals surface area contributed by atoms with Gasteiger partial charge in [0.15, 0.2) is 0 Å². The number of nitrogens with one attached hydrogen (secondary N) is 1. The molecule has 0 atom stereocenters. The molecular formula is C13H17NO3. The van der Waals surface area contributed by atoms with Crippen LogP contribution < -0.4 is 5.32 Å². The quantitative estimate of drug-likeness (QED) is 0.735. The smallest absolute Gasteiger partial charge is 0.251 e.